The number of hydrogen-bond acceptors (Lipinski definition) is 6. The molecule has 0 aliphatic rings. The van der Waals surface area contributed by atoms with Gasteiger partial charge in [0.15, 0.2) is 0 Å². The average Bonchev–Trinajstić information content (AvgIpc) is 2.87. The Hall–Kier alpha value is -4.98. The van der Waals surface area contributed by atoms with Gasteiger partial charge in [0.1, 0.15) is 0 Å². The van der Waals surface area contributed by atoms with Gasteiger partial charge in [-0.3, -0.25) is 30.2 Å². The number of rotatable bonds is 7. The molecule has 0 amide bonds. The lowest BCUT2D eigenvalue weighted by Gasteiger charge is -2.03. The van der Waals surface area contributed by atoms with E-state index < -0.39 is 9.85 Å². The van der Waals surface area contributed by atoms with Crippen molar-refractivity contribution in [1.82, 2.24) is 0 Å². The third kappa shape index (κ3) is 5.25. The van der Waals surface area contributed by atoms with Crippen molar-refractivity contribution in [3.63, 3.8) is 0 Å². The van der Waals surface area contributed by atoms with Crippen LogP contribution in [0.3, 0.4) is 0 Å². The summed E-state index contributed by atoms with van der Waals surface area (Å²) in [6.45, 7) is 0. The molecule has 0 radical (unpaired) electrons. The van der Waals surface area contributed by atoms with Crippen molar-refractivity contribution in [3.05, 3.63) is 128 Å². The van der Waals surface area contributed by atoms with Crippen LogP contribution in [0.25, 0.3) is 11.1 Å². The first-order chi connectivity index (χ1) is 16.5. The topological polar surface area (TPSA) is 111 Å². The van der Waals surface area contributed by atoms with Gasteiger partial charge < -0.3 is 0 Å². The highest BCUT2D eigenvalue weighted by Crippen LogP contribution is 2.26. The molecule has 0 aromatic heterocycles. The summed E-state index contributed by atoms with van der Waals surface area (Å²) >= 11 is 0. The lowest BCUT2D eigenvalue weighted by molar-refractivity contribution is -0.385. The van der Waals surface area contributed by atoms with Gasteiger partial charge in [-0.05, 0) is 47.5 Å². The molecule has 8 nitrogen and oxygen atoms in total. The smallest absolute Gasteiger partial charge is 0.258 e. The summed E-state index contributed by atoms with van der Waals surface area (Å²) in [5.74, 6) is 0. The van der Waals surface area contributed by atoms with E-state index in [0.717, 1.165) is 11.1 Å². The minimum absolute atomic E-state index is 0.00693. The van der Waals surface area contributed by atoms with Crippen molar-refractivity contribution in [2.24, 2.45) is 9.98 Å². The van der Waals surface area contributed by atoms with E-state index in [9.17, 15) is 20.2 Å². The largest absolute Gasteiger partial charge is 0.278 e. The lowest BCUT2D eigenvalue weighted by Crippen LogP contribution is -1.93. The summed E-state index contributed by atoms with van der Waals surface area (Å²) < 4.78 is 0. The fourth-order valence-electron chi connectivity index (χ4n) is 3.29. The van der Waals surface area contributed by atoms with Gasteiger partial charge in [0.2, 0.25) is 0 Å². The van der Waals surface area contributed by atoms with Crippen molar-refractivity contribution < 1.29 is 9.85 Å². The zero-order chi connectivity index (χ0) is 23.9. The highest BCUT2D eigenvalue weighted by molar-refractivity contribution is 5.88. The molecule has 4 rings (SSSR count). The second kappa shape index (κ2) is 10.1. The number of nitro groups is 2. The maximum Gasteiger partial charge on any atom is 0.278 e. The maximum atomic E-state index is 11.1. The maximum absolute atomic E-state index is 11.1. The Morgan fingerprint density at radius 3 is 1.24 bits per heavy atom. The Balaban J connectivity index is 1.47. The van der Waals surface area contributed by atoms with Gasteiger partial charge in [0, 0.05) is 24.6 Å². The van der Waals surface area contributed by atoms with Gasteiger partial charge in [-0.2, -0.15) is 0 Å². The van der Waals surface area contributed by atoms with Gasteiger partial charge in [0.05, 0.1) is 32.3 Å². The number of hydrogen-bond donors (Lipinski definition) is 0. The normalized spacial score (nSPS) is 11.2. The van der Waals surface area contributed by atoms with E-state index in [-0.39, 0.29) is 11.4 Å². The molecular formula is C26H18N4O4. The number of para-hydroxylation sites is 2. The SMILES string of the molecule is O=[N+]([O-])c1ccccc1C=Nc1ccc(-c2ccc(N=Cc3ccccc3[N+](=O)[O-])cc2)cc1. The van der Waals surface area contributed by atoms with Crippen LogP contribution in [-0.2, 0) is 0 Å². The van der Waals surface area contributed by atoms with Crippen molar-refractivity contribution in [2.75, 3.05) is 0 Å². The van der Waals surface area contributed by atoms with Crippen LogP contribution in [0.5, 0.6) is 0 Å². The summed E-state index contributed by atoms with van der Waals surface area (Å²) in [4.78, 5) is 30.1. The number of benzene rings is 4. The van der Waals surface area contributed by atoms with Gasteiger partial charge >= 0.3 is 0 Å². The predicted molar refractivity (Wildman–Crippen MR) is 133 cm³/mol. The van der Waals surface area contributed by atoms with Crippen LogP contribution in [0, 0.1) is 20.2 Å². The van der Waals surface area contributed by atoms with Gasteiger partial charge in [-0.15, -0.1) is 0 Å². The fraction of sp³-hybridized carbons (Fsp3) is 0. The first-order valence-electron chi connectivity index (χ1n) is 10.3. The zero-order valence-corrected chi connectivity index (χ0v) is 17.8. The average molecular weight is 450 g/mol. The molecule has 0 fully saturated rings. The van der Waals surface area contributed by atoms with E-state index in [1.165, 1.54) is 24.6 Å². The zero-order valence-electron chi connectivity index (χ0n) is 17.8. The summed E-state index contributed by atoms with van der Waals surface area (Å²) in [5.41, 5.74) is 4.18. The molecule has 0 aliphatic heterocycles. The molecule has 0 unspecified atom stereocenters. The standard InChI is InChI=1S/C26H18N4O4/c31-29(32)25-7-3-1-5-21(25)17-27-23-13-9-19(10-14-23)20-11-15-24(16-12-20)28-18-22-6-2-4-8-26(22)30(33)34/h1-18H. The number of aliphatic imine (C=N–C) groups is 2. The Bertz CT molecular complexity index is 1290. The molecule has 166 valence electrons. The van der Waals surface area contributed by atoms with Crippen molar-refractivity contribution >= 4 is 35.2 Å². The van der Waals surface area contributed by atoms with E-state index in [2.05, 4.69) is 9.98 Å². The molecule has 0 saturated heterocycles. The molecule has 0 bridgehead atoms. The van der Waals surface area contributed by atoms with Crippen molar-refractivity contribution in [2.45, 2.75) is 0 Å². The second-order valence-electron chi connectivity index (χ2n) is 7.24. The second-order valence-corrected chi connectivity index (χ2v) is 7.24. The minimum atomic E-state index is -0.431. The van der Waals surface area contributed by atoms with Crippen LogP contribution in [0.1, 0.15) is 11.1 Å². The first-order valence-corrected chi connectivity index (χ1v) is 10.3. The van der Waals surface area contributed by atoms with Gasteiger partial charge in [0.25, 0.3) is 11.4 Å². The summed E-state index contributed by atoms with van der Waals surface area (Å²) in [6.07, 6.45) is 2.97. The van der Waals surface area contributed by atoms with E-state index in [1.54, 1.807) is 36.4 Å². The Kier molecular flexibility index (Phi) is 6.60. The summed E-state index contributed by atoms with van der Waals surface area (Å²) in [7, 11) is 0. The molecule has 34 heavy (non-hydrogen) atoms. The fourth-order valence-corrected chi connectivity index (χ4v) is 3.29. The highest BCUT2D eigenvalue weighted by atomic mass is 16.6. The Labute approximate surface area is 194 Å². The molecular weight excluding hydrogens is 432 g/mol. The molecule has 0 spiro atoms. The van der Waals surface area contributed by atoms with E-state index in [1.807, 2.05) is 48.5 Å². The van der Waals surface area contributed by atoms with E-state index >= 15 is 0 Å². The number of nitro benzene ring substituents is 2. The molecule has 0 saturated carbocycles. The number of nitrogens with zero attached hydrogens (tertiary/aromatic N) is 4. The first kappa shape index (κ1) is 22.2. The molecule has 8 heteroatoms. The molecule has 4 aromatic carbocycles. The molecule has 4 aromatic rings. The molecule has 0 heterocycles. The highest BCUT2D eigenvalue weighted by Gasteiger charge is 2.11. The van der Waals surface area contributed by atoms with Crippen molar-refractivity contribution in [1.29, 1.82) is 0 Å². The Morgan fingerprint density at radius 1 is 0.529 bits per heavy atom. The third-order valence-electron chi connectivity index (χ3n) is 5.04. The van der Waals surface area contributed by atoms with Crippen LogP contribution >= 0.6 is 0 Å². The van der Waals surface area contributed by atoms with Crippen molar-refractivity contribution in [3.8, 4) is 11.1 Å². The van der Waals surface area contributed by atoms with Gasteiger partial charge in [-0.25, -0.2) is 0 Å². The lowest BCUT2D eigenvalue weighted by atomic mass is 10.1. The summed E-state index contributed by atoms with van der Waals surface area (Å²) in [5, 5.41) is 22.2. The van der Waals surface area contributed by atoms with Crippen LogP contribution in [0.15, 0.2) is 107 Å². The van der Waals surface area contributed by atoms with Crippen LogP contribution in [0.2, 0.25) is 0 Å². The monoisotopic (exact) mass is 450 g/mol. The minimum Gasteiger partial charge on any atom is -0.258 e. The van der Waals surface area contributed by atoms with Crippen LogP contribution in [-0.4, -0.2) is 22.3 Å². The predicted octanol–water partition coefficient (Wildman–Crippen LogP) is 6.67. The molecule has 0 atom stereocenters. The van der Waals surface area contributed by atoms with Gasteiger partial charge in [-0.1, -0.05) is 48.5 Å². The quantitative estimate of drug-likeness (QED) is 0.178. The van der Waals surface area contributed by atoms with E-state index in [4.69, 9.17) is 0 Å². The van der Waals surface area contributed by atoms with Crippen LogP contribution < -0.4 is 0 Å². The molecule has 0 N–H and O–H groups in total. The molecule has 0 aliphatic carbocycles. The van der Waals surface area contributed by atoms with Crippen LogP contribution in [0.4, 0.5) is 22.7 Å². The third-order valence-corrected chi connectivity index (χ3v) is 5.04. The summed E-state index contributed by atoms with van der Waals surface area (Å²) in [6, 6.07) is 27.9. The van der Waals surface area contributed by atoms with E-state index in [0.29, 0.717) is 22.5 Å². The Morgan fingerprint density at radius 2 is 0.882 bits per heavy atom.